The zero-order valence-electron chi connectivity index (χ0n) is 14.8. The van der Waals surface area contributed by atoms with Crippen LogP contribution < -0.4 is 5.32 Å². The van der Waals surface area contributed by atoms with Crippen LogP contribution in [-0.4, -0.2) is 57.4 Å². The Bertz CT molecular complexity index is 801. The van der Waals surface area contributed by atoms with Gasteiger partial charge in [0.1, 0.15) is 5.82 Å². The molecule has 138 valence electrons. The number of piperidine rings is 1. The number of H-pyrrole nitrogens is 1. The van der Waals surface area contributed by atoms with E-state index in [1.54, 1.807) is 0 Å². The van der Waals surface area contributed by atoms with E-state index >= 15 is 0 Å². The van der Waals surface area contributed by atoms with Crippen LogP contribution in [-0.2, 0) is 13.0 Å². The number of rotatable bonds is 2. The van der Waals surface area contributed by atoms with E-state index in [1.165, 1.54) is 11.3 Å². The average Bonchev–Trinajstić information content (AvgIpc) is 3.29. The van der Waals surface area contributed by atoms with Crippen molar-refractivity contribution >= 4 is 23.3 Å². The van der Waals surface area contributed by atoms with Gasteiger partial charge in [0.05, 0.1) is 22.8 Å². The molecule has 2 aromatic heterocycles. The first-order valence-corrected chi connectivity index (χ1v) is 9.90. The first-order chi connectivity index (χ1) is 12.6. The van der Waals surface area contributed by atoms with Crippen molar-refractivity contribution in [2.75, 3.05) is 19.6 Å². The second kappa shape index (κ2) is 7.11. The van der Waals surface area contributed by atoms with Crippen molar-refractivity contribution in [3.8, 4) is 0 Å². The van der Waals surface area contributed by atoms with Crippen LogP contribution in [0.2, 0.25) is 0 Å². The molecular formula is C18H23N5O2S. The Labute approximate surface area is 156 Å². The maximum atomic E-state index is 12.7. The van der Waals surface area contributed by atoms with E-state index in [0.717, 1.165) is 47.9 Å². The van der Waals surface area contributed by atoms with Gasteiger partial charge in [-0.3, -0.25) is 4.79 Å². The maximum Gasteiger partial charge on any atom is 0.318 e. The highest BCUT2D eigenvalue weighted by Gasteiger charge is 2.29. The monoisotopic (exact) mass is 373 g/mol. The predicted molar refractivity (Wildman–Crippen MR) is 99.2 cm³/mol. The van der Waals surface area contributed by atoms with E-state index in [1.807, 2.05) is 34.2 Å². The molecule has 7 nitrogen and oxygen atoms in total. The molecule has 1 saturated heterocycles. The van der Waals surface area contributed by atoms with E-state index < -0.39 is 0 Å². The highest BCUT2D eigenvalue weighted by molar-refractivity contribution is 7.12. The summed E-state index contributed by atoms with van der Waals surface area (Å²) in [6, 6.07) is 3.69. The molecule has 8 heteroatoms. The summed E-state index contributed by atoms with van der Waals surface area (Å²) in [4.78, 5) is 37.3. The van der Waals surface area contributed by atoms with Crippen molar-refractivity contribution in [1.82, 2.24) is 25.1 Å². The standard InChI is InChI=1S/C18H23N5O2S/c1-12-19-14-6-8-23(11-15(14)20-12)18(25)21-13-4-2-7-22(10-13)17(24)16-5-3-9-26-16/h3,5,9,13H,2,4,6-8,10-11H2,1H3,(H,19,20)(H,21,25)/t13-/m0/s1. The van der Waals surface area contributed by atoms with Crippen molar-refractivity contribution in [2.45, 2.75) is 38.8 Å². The summed E-state index contributed by atoms with van der Waals surface area (Å²) in [5.41, 5.74) is 2.10. The minimum Gasteiger partial charge on any atom is -0.344 e. The number of carbonyl (C=O) groups excluding carboxylic acids is 2. The fraction of sp³-hybridized carbons (Fsp3) is 0.500. The number of aryl methyl sites for hydroxylation is 1. The predicted octanol–water partition coefficient (Wildman–Crippen LogP) is 2.15. The highest BCUT2D eigenvalue weighted by atomic mass is 32.1. The van der Waals surface area contributed by atoms with Crippen LogP contribution in [0.15, 0.2) is 17.5 Å². The molecule has 0 aliphatic carbocycles. The molecule has 4 rings (SSSR count). The van der Waals surface area contributed by atoms with Crippen molar-refractivity contribution in [3.63, 3.8) is 0 Å². The number of thiophene rings is 1. The van der Waals surface area contributed by atoms with Gasteiger partial charge in [-0.2, -0.15) is 0 Å². The van der Waals surface area contributed by atoms with Gasteiger partial charge >= 0.3 is 6.03 Å². The van der Waals surface area contributed by atoms with Gasteiger partial charge in [-0.05, 0) is 31.2 Å². The second-order valence-electron chi connectivity index (χ2n) is 6.94. The average molecular weight is 373 g/mol. The lowest BCUT2D eigenvalue weighted by Gasteiger charge is -2.35. The van der Waals surface area contributed by atoms with Gasteiger partial charge in [0.2, 0.25) is 0 Å². The molecular weight excluding hydrogens is 350 g/mol. The molecule has 1 atom stereocenters. The topological polar surface area (TPSA) is 81.3 Å². The molecule has 0 aromatic carbocycles. The molecule has 0 spiro atoms. The Morgan fingerprint density at radius 3 is 3.04 bits per heavy atom. The summed E-state index contributed by atoms with van der Waals surface area (Å²) < 4.78 is 0. The molecule has 2 N–H and O–H groups in total. The normalized spacial score (nSPS) is 20.0. The molecule has 0 unspecified atom stereocenters. The largest absolute Gasteiger partial charge is 0.344 e. The number of likely N-dealkylation sites (tertiary alicyclic amines) is 1. The van der Waals surface area contributed by atoms with Crippen molar-refractivity contribution in [3.05, 3.63) is 39.6 Å². The number of nitrogens with zero attached hydrogens (tertiary/aromatic N) is 3. The Kier molecular flexibility index (Phi) is 4.67. The molecule has 3 amide bonds. The van der Waals surface area contributed by atoms with Crippen LogP contribution in [0.5, 0.6) is 0 Å². The zero-order chi connectivity index (χ0) is 18.1. The quantitative estimate of drug-likeness (QED) is 0.846. The van der Waals surface area contributed by atoms with Gasteiger partial charge in [0.15, 0.2) is 0 Å². The van der Waals surface area contributed by atoms with Gasteiger partial charge in [-0.1, -0.05) is 6.07 Å². The molecule has 0 bridgehead atoms. The molecule has 2 aromatic rings. The minimum atomic E-state index is -0.0571. The van der Waals surface area contributed by atoms with Gasteiger partial charge in [-0.25, -0.2) is 9.78 Å². The van der Waals surface area contributed by atoms with E-state index in [0.29, 0.717) is 19.6 Å². The van der Waals surface area contributed by atoms with E-state index in [-0.39, 0.29) is 18.0 Å². The molecule has 26 heavy (non-hydrogen) atoms. The van der Waals surface area contributed by atoms with Crippen LogP contribution in [0.1, 0.15) is 39.7 Å². The molecule has 2 aliphatic rings. The number of nitrogens with one attached hydrogen (secondary N) is 2. The first kappa shape index (κ1) is 17.1. The Morgan fingerprint density at radius 2 is 2.23 bits per heavy atom. The minimum absolute atomic E-state index is 0.00469. The van der Waals surface area contributed by atoms with Crippen LogP contribution in [0.3, 0.4) is 0 Å². The smallest absolute Gasteiger partial charge is 0.318 e. The van der Waals surface area contributed by atoms with Crippen LogP contribution >= 0.6 is 11.3 Å². The van der Waals surface area contributed by atoms with Gasteiger partial charge in [-0.15, -0.1) is 11.3 Å². The number of hydrogen-bond donors (Lipinski definition) is 2. The third-order valence-electron chi connectivity index (χ3n) is 5.01. The lowest BCUT2D eigenvalue weighted by atomic mass is 10.1. The van der Waals surface area contributed by atoms with Gasteiger partial charge in [0, 0.05) is 32.1 Å². The Balaban J connectivity index is 1.35. The summed E-state index contributed by atoms with van der Waals surface area (Å²) in [6.07, 6.45) is 2.59. The molecule has 0 radical (unpaired) electrons. The van der Waals surface area contributed by atoms with Gasteiger partial charge < -0.3 is 20.1 Å². The Morgan fingerprint density at radius 1 is 1.35 bits per heavy atom. The number of urea groups is 1. The van der Waals surface area contributed by atoms with E-state index in [9.17, 15) is 9.59 Å². The number of aromatic amines is 1. The molecule has 1 fully saturated rings. The third kappa shape index (κ3) is 3.46. The van der Waals surface area contributed by atoms with Gasteiger partial charge in [0.25, 0.3) is 5.91 Å². The number of amides is 3. The van der Waals surface area contributed by atoms with E-state index in [2.05, 4.69) is 15.3 Å². The number of carbonyl (C=O) groups is 2. The fourth-order valence-electron chi connectivity index (χ4n) is 3.71. The fourth-order valence-corrected chi connectivity index (χ4v) is 4.40. The van der Waals surface area contributed by atoms with Crippen molar-refractivity contribution < 1.29 is 9.59 Å². The second-order valence-corrected chi connectivity index (χ2v) is 7.88. The molecule has 2 aliphatic heterocycles. The summed E-state index contributed by atoms with van der Waals surface area (Å²) in [6.45, 7) is 4.50. The number of fused-ring (bicyclic) bond motifs is 1. The maximum absolute atomic E-state index is 12.7. The molecule has 0 saturated carbocycles. The van der Waals surface area contributed by atoms with Crippen molar-refractivity contribution in [2.24, 2.45) is 0 Å². The van der Waals surface area contributed by atoms with E-state index in [4.69, 9.17) is 0 Å². The summed E-state index contributed by atoms with van der Waals surface area (Å²) in [5, 5.41) is 5.03. The number of hydrogen-bond acceptors (Lipinski definition) is 4. The third-order valence-corrected chi connectivity index (χ3v) is 5.86. The lowest BCUT2D eigenvalue weighted by Crippen LogP contribution is -2.53. The van der Waals surface area contributed by atoms with Crippen LogP contribution in [0.4, 0.5) is 4.79 Å². The zero-order valence-corrected chi connectivity index (χ0v) is 15.6. The van der Waals surface area contributed by atoms with Crippen LogP contribution in [0, 0.1) is 6.92 Å². The first-order valence-electron chi connectivity index (χ1n) is 9.03. The lowest BCUT2D eigenvalue weighted by molar-refractivity contribution is 0.0698. The van der Waals surface area contributed by atoms with Crippen molar-refractivity contribution in [1.29, 1.82) is 0 Å². The molecule has 4 heterocycles. The SMILES string of the molecule is Cc1nc2c([nH]1)CN(C(=O)N[C@H]1CCCN(C(=O)c3cccs3)C1)CC2. The van der Waals surface area contributed by atoms with Crippen LogP contribution in [0.25, 0.3) is 0 Å². The Hall–Kier alpha value is -2.35. The summed E-state index contributed by atoms with van der Waals surface area (Å²) in [5.74, 6) is 0.960. The summed E-state index contributed by atoms with van der Waals surface area (Å²) in [7, 11) is 0. The number of aromatic nitrogens is 2. The highest BCUT2D eigenvalue weighted by Crippen LogP contribution is 2.19. The number of imidazole rings is 1. The summed E-state index contributed by atoms with van der Waals surface area (Å²) >= 11 is 1.46.